The molecule has 0 radical (unpaired) electrons. The molecule has 2 N–H and O–H groups in total. The van der Waals surface area contributed by atoms with E-state index in [1.54, 1.807) is 13.3 Å². The third-order valence-electron chi connectivity index (χ3n) is 4.02. The number of para-hydroxylation sites is 1. The van der Waals surface area contributed by atoms with E-state index in [4.69, 9.17) is 9.57 Å². The average molecular weight is 361 g/mol. The van der Waals surface area contributed by atoms with Gasteiger partial charge in [-0.3, -0.25) is 10.3 Å². The topological polar surface area (TPSA) is 55.4 Å². The predicted octanol–water partition coefficient (Wildman–Crippen LogP) is 4.39. The Bertz CT molecular complexity index is 864. The SMILES string of the molecule is C=C(NOCc1ccccc1)c1ccccc1NCc1ccc(OC)nc1. The van der Waals surface area contributed by atoms with Gasteiger partial charge in [-0.15, -0.1) is 0 Å². The number of anilines is 1. The molecule has 27 heavy (non-hydrogen) atoms. The van der Waals surface area contributed by atoms with Crippen LogP contribution in [0.5, 0.6) is 5.88 Å². The van der Waals surface area contributed by atoms with E-state index in [-0.39, 0.29) is 0 Å². The van der Waals surface area contributed by atoms with Gasteiger partial charge in [0.1, 0.15) is 0 Å². The number of hydrogen-bond acceptors (Lipinski definition) is 5. The van der Waals surface area contributed by atoms with Gasteiger partial charge in [-0.2, -0.15) is 0 Å². The molecule has 0 spiro atoms. The van der Waals surface area contributed by atoms with Gasteiger partial charge in [-0.1, -0.05) is 61.2 Å². The van der Waals surface area contributed by atoms with Gasteiger partial charge in [-0.25, -0.2) is 4.98 Å². The number of hydroxylamine groups is 1. The number of methoxy groups -OCH3 is 1. The summed E-state index contributed by atoms with van der Waals surface area (Å²) in [6, 6.07) is 21.8. The highest BCUT2D eigenvalue weighted by Crippen LogP contribution is 2.22. The zero-order valence-electron chi connectivity index (χ0n) is 15.3. The zero-order chi connectivity index (χ0) is 18.9. The van der Waals surface area contributed by atoms with Crippen LogP contribution in [0.4, 0.5) is 5.69 Å². The lowest BCUT2D eigenvalue weighted by molar-refractivity contribution is 0.0648. The zero-order valence-corrected chi connectivity index (χ0v) is 15.3. The molecule has 3 aromatic rings. The summed E-state index contributed by atoms with van der Waals surface area (Å²) < 4.78 is 5.09. The van der Waals surface area contributed by atoms with Gasteiger partial charge in [0.15, 0.2) is 0 Å². The number of ether oxygens (including phenoxy) is 1. The van der Waals surface area contributed by atoms with Crippen LogP contribution >= 0.6 is 0 Å². The van der Waals surface area contributed by atoms with Crippen LogP contribution in [-0.4, -0.2) is 12.1 Å². The van der Waals surface area contributed by atoms with Gasteiger partial charge in [-0.05, 0) is 17.2 Å². The molecule has 0 fully saturated rings. The van der Waals surface area contributed by atoms with E-state index >= 15 is 0 Å². The monoisotopic (exact) mass is 361 g/mol. The first kappa shape index (κ1) is 18.5. The number of rotatable bonds is 9. The van der Waals surface area contributed by atoms with Gasteiger partial charge in [0.25, 0.3) is 0 Å². The average Bonchev–Trinajstić information content (AvgIpc) is 2.73. The van der Waals surface area contributed by atoms with E-state index in [1.807, 2.05) is 66.7 Å². The summed E-state index contributed by atoms with van der Waals surface area (Å²) in [5.74, 6) is 0.604. The molecule has 0 bridgehead atoms. The van der Waals surface area contributed by atoms with Crippen LogP contribution in [0, 0.1) is 0 Å². The molecule has 0 amide bonds. The number of hydrogen-bond donors (Lipinski definition) is 2. The summed E-state index contributed by atoms with van der Waals surface area (Å²) in [4.78, 5) is 9.80. The molecule has 0 aliphatic heterocycles. The Morgan fingerprint density at radius 2 is 1.74 bits per heavy atom. The van der Waals surface area contributed by atoms with Crippen LogP contribution in [0.2, 0.25) is 0 Å². The van der Waals surface area contributed by atoms with Crippen molar-refractivity contribution in [2.75, 3.05) is 12.4 Å². The second kappa shape index (κ2) is 9.40. The van der Waals surface area contributed by atoms with Crippen LogP contribution in [-0.2, 0) is 18.0 Å². The van der Waals surface area contributed by atoms with Crippen molar-refractivity contribution < 1.29 is 9.57 Å². The highest BCUT2D eigenvalue weighted by molar-refractivity contribution is 5.73. The summed E-state index contributed by atoms with van der Waals surface area (Å²) >= 11 is 0. The Hall–Kier alpha value is -3.31. The molecule has 2 aromatic carbocycles. The maximum absolute atomic E-state index is 5.58. The second-order valence-electron chi connectivity index (χ2n) is 5.96. The molecular weight excluding hydrogens is 338 g/mol. The van der Waals surface area contributed by atoms with Crippen LogP contribution < -0.4 is 15.5 Å². The van der Waals surface area contributed by atoms with E-state index in [0.717, 1.165) is 22.4 Å². The fourth-order valence-electron chi connectivity index (χ4n) is 2.57. The molecule has 138 valence electrons. The molecule has 3 rings (SSSR count). The molecule has 0 saturated heterocycles. The normalized spacial score (nSPS) is 10.3. The first-order valence-corrected chi connectivity index (χ1v) is 8.69. The van der Waals surface area contributed by atoms with Gasteiger partial charge in [0, 0.05) is 30.1 Å². The molecule has 1 aromatic heterocycles. The minimum Gasteiger partial charge on any atom is -0.481 e. The summed E-state index contributed by atoms with van der Waals surface area (Å²) in [5, 5.41) is 3.42. The number of nitrogens with one attached hydrogen (secondary N) is 2. The lowest BCUT2D eigenvalue weighted by Gasteiger charge is -2.15. The smallest absolute Gasteiger partial charge is 0.212 e. The summed E-state index contributed by atoms with van der Waals surface area (Å²) in [6.45, 7) is 5.20. The Morgan fingerprint density at radius 1 is 0.963 bits per heavy atom. The summed E-state index contributed by atoms with van der Waals surface area (Å²) in [6.07, 6.45) is 1.80. The van der Waals surface area contributed by atoms with E-state index in [1.165, 1.54) is 0 Å². The summed E-state index contributed by atoms with van der Waals surface area (Å²) in [5.41, 5.74) is 7.71. The van der Waals surface area contributed by atoms with Crippen molar-refractivity contribution in [2.45, 2.75) is 13.2 Å². The summed E-state index contributed by atoms with van der Waals surface area (Å²) in [7, 11) is 1.61. The third kappa shape index (κ3) is 5.33. The van der Waals surface area contributed by atoms with Crippen LogP contribution in [0.3, 0.4) is 0 Å². The van der Waals surface area contributed by atoms with Crippen molar-refractivity contribution >= 4 is 11.4 Å². The van der Waals surface area contributed by atoms with E-state index in [0.29, 0.717) is 24.7 Å². The maximum atomic E-state index is 5.58. The van der Waals surface area contributed by atoms with E-state index < -0.39 is 0 Å². The van der Waals surface area contributed by atoms with E-state index in [2.05, 4.69) is 22.4 Å². The quantitative estimate of drug-likeness (QED) is 0.554. The van der Waals surface area contributed by atoms with E-state index in [9.17, 15) is 0 Å². The van der Waals surface area contributed by atoms with Crippen molar-refractivity contribution in [3.05, 3.63) is 96.2 Å². The van der Waals surface area contributed by atoms with Gasteiger partial charge in [0.05, 0.1) is 19.4 Å². The molecule has 0 unspecified atom stereocenters. The minimum absolute atomic E-state index is 0.465. The largest absolute Gasteiger partial charge is 0.481 e. The standard InChI is InChI=1S/C22H23N3O2/c1-17(25-27-16-18-8-4-3-5-9-18)20-10-6-7-11-21(20)23-14-19-12-13-22(26-2)24-15-19/h3-13,15,23,25H,1,14,16H2,2H3. The van der Waals surface area contributed by atoms with Crippen molar-refractivity contribution in [1.29, 1.82) is 0 Å². The van der Waals surface area contributed by atoms with Crippen molar-refractivity contribution in [3.8, 4) is 5.88 Å². The molecule has 0 aliphatic rings. The number of pyridine rings is 1. The van der Waals surface area contributed by atoms with Crippen molar-refractivity contribution in [2.24, 2.45) is 0 Å². The molecule has 0 saturated carbocycles. The van der Waals surface area contributed by atoms with Crippen LogP contribution in [0.1, 0.15) is 16.7 Å². The maximum Gasteiger partial charge on any atom is 0.212 e. The third-order valence-corrected chi connectivity index (χ3v) is 4.02. The van der Waals surface area contributed by atoms with Gasteiger partial charge >= 0.3 is 0 Å². The van der Waals surface area contributed by atoms with Crippen LogP contribution in [0.25, 0.3) is 5.70 Å². The lowest BCUT2D eigenvalue weighted by atomic mass is 10.1. The van der Waals surface area contributed by atoms with Crippen molar-refractivity contribution in [3.63, 3.8) is 0 Å². The van der Waals surface area contributed by atoms with Crippen molar-refractivity contribution in [1.82, 2.24) is 10.5 Å². The Labute approximate surface area is 159 Å². The number of aromatic nitrogens is 1. The van der Waals surface area contributed by atoms with Gasteiger partial charge in [0.2, 0.25) is 5.88 Å². The fourth-order valence-corrected chi connectivity index (χ4v) is 2.57. The number of benzene rings is 2. The second-order valence-corrected chi connectivity index (χ2v) is 5.96. The first-order valence-electron chi connectivity index (χ1n) is 8.69. The number of nitrogens with zero attached hydrogens (tertiary/aromatic N) is 1. The Kier molecular flexibility index (Phi) is 6.44. The van der Waals surface area contributed by atoms with Gasteiger partial charge < -0.3 is 10.1 Å². The molecule has 5 heteroatoms. The molecule has 1 heterocycles. The highest BCUT2D eigenvalue weighted by Gasteiger charge is 2.06. The Morgan fingerprint density at radius 3 is 2.48 bits per heavy atom. The highest BCUT2D eigenvalue weighted by atomic mass is 16.6. The predicted molar refractivity (Wildman–Crippen MR) is 108 cm³/mol. The lowest BCUT2D eigenvalue weighted by Crippen LogP contribution is -2.13. The fraction of sp³-hybridized carbons (Fsp3) is 0.136. The Balaban J connectivity index is 1.58. The van der Waals surface area contributed by atoms with Crippen LogP contribution in [0.15, 0.2) is 79.5 Å². The first-order chi connectivity index (χ1) is 13.3. The molecule has 0 atom stereocenters. The molecular formula is C22H23N3O2. The molecule has 0 aliphatic carbocycles. The minimum atomic E-state index is 0.465. The molecule has 5 nitrogen and oxygen atoms in total.